The molecular formula is C39H48BrN3O8. The quantitative estimate of drug-likeness (QED) is 0.147. The van der Waals surface area contributed by atoms with Crippen LogP contribution in [0, 0.1) is 25.7 Å². The van der Waals surface area contributed by atoms with Crippen molar-refractivity contribution in [1.82, 2.24) is 10.2 Å². The van der Waals surface area contributed by atoms with Crippen LogP contribution in [-0.2, 0) is 33.4 Å². The number of carbonyl (C=O) groups is 4. The molecule has 9 atom stereocenters. The average Bonchev–Trinajstić information content (AvgIpc) is 3.71. The van der Waals surface area contributed by atoms with E-state index in [2.05, 4.69) is 34.4 Å². The zero-order valence-electron chi connectivity index (χ0n) is 29.6. The molecule has 0 aromatic heterocycles. The number of fused-ring (bicyclic) bond motifs is 1. The Morgan fingerprint density at radius 3 is 2.43 bits per heavy atom. The van der Waals surface area contributed by atoms with Gasteiger partial charge in [-0.15, -0.1) is 13.2 Å². The number of halogens is 1. The molecule has 3 aliphatic rings. The second-order valence-corrected chi connectivity index (χ2v) is 14.8. The van der Waals surface area contributed by atoms with E-state index in [0.29, 0.717) is 17.7 Å². The van der Waals surface area contributed by atoms with Gasteiger partial charge in [0.15, 0.2) is 0 Å². The summed E-state index contributed by atoms with van der Waals surface area (Å²) in [5.74, 6) is -3.94. The number of rotatable bonds is 16. The fourth-order valence-corrected chi connectivity index (χ4v) is 9.05. The fourth-order valence-electron chi connectivity index (χ4n) is 8.10. The van der Waals surface area contributed by atoms with E-state index in [1.165, 1.54) is 12.0 Å². The Morgan fingerprint density at radius 1 is 1.14 bits per heavy atom. The lowest BCUT2D eigenvalue weighted by atomic mass is 9.70. The number of hydrogen-bond acceptors (Lipinski definition) is 8. The van der Waals surface area contributed by atoms with Crippen LogP contribution in [0.25, 0.3) is 0 Å². The lowest BCUT2D eigenvalue weighted by Crippen LogP contribution is -2.59. The molecule has 2 N–H and O–H groups in total. The molecule has 2 bridgehead atoms. The second-order valence-electron chi connectivity index (χ2n) is 13.6. The zero-order valence-corrected chi connectivity index (χ0v) is 31.2. The van der Waals surface area contributed by atoms with Gasteiger partial charge < -0.3 is 34.4 Å². The first-order chi connectivity index (χ1) is 24.4. The van der Waals surface area contributed by atoms with Gasteiger partial charge in [0, 0.05) is 30.6 Å². The molecule has 11 nitrogen and oxygen atoms in total. The van der Waals surface area contributed by atoms with E-state index in [4.69, 9.17) is 14.2 Å². The number of nitrogens with one attached hydrogen (secondary N) is 1. The molecular weight excluding hydrogens is 718 g/mol. The number of methoxy groups -OCH3 is 1. The van der Waals surface area contributed by atoms with E-state index < -0.39 is 66.3 Å². The third-order valence-electron chi connectivity index (χ3n) is 10.3. The largest absolute Gasteiger partial charge is 0.455 e. The molecule has 3 heterocycles. The Morgan fingerprint density at radius 2 is 1.82 bits per heavy atom. The molecule has 0 radical (unpaired) electrons. The van der Waals surface area contributed by atoms with Crippen LogP contribution in [0.1, 0.15) is 49.0 Å². The van der Waals surface area contributed by atoms with Crippen molar-refractivity contribution in [2.75, 3.05) is 31.8 Å². The van der Waals surface area contributed by atoms with E-state index in [1.807, 2.05) is 38.1 Å². The van der Waals surface area contributed by atoms with Gasteiger partial charge in [0.2, 0.25) is 11.8 Å². The van der Waals surface area contributed by atoms with Gasteiger partial charge >= 0.3 is 5.97 Å². The number of aryl methyl sites for hydroxylation is 2. The summed E-state index contributed by atoms with van der Waals surface area (Å²) < 4.78 is 18.5. The predicted molar refractivity (Wildman–Crippen MR) is 196 cm³/mol. The number of nitrogens with zero attached hydrogens (tertiary/aromatic N) is 2. The molecule has 0 aliphatic carbocycles. The van der Waals surface area contributed by atoms with Gasteiger partial charge in [0.1, 0.15) is 17.7 Å². The molecule has 3 amide bonds. The van der Waals surface area contributed by atoms with Crippen molar-refractivity contribution in [3.63, 3.8) is 0 Å². The maximum atomic E-state index is 15.0. The number of esters is 1. The number of anilines is 1. The zero-order chi connectivity index (χ0) is 37.0. The van der Waals surface area contributed by atoms with Crippen LogP contribution in [0.2, 0.25) is 0 Å². The van der Waals surface area contributed by atoms with Crippen LogP contribution in [0.5, 0.6) is 0 Å². The lowest BCUT2D eigenvalue weighted by Gasteiger charge is -2.39. The molecule has 3 fully saturated rings. The number of aliphatic hydroxyl groups is 1. The van der Waals surface area contributed by atoms with Gasteiger partial charge in [-0.25, -0.2) is 0 Å². The van der Waals surface area contributed by atoms with E-state index in [9.17, 15) is 24.3 Å². The van der Waals surface area contributed by atoms with Crippen LogP contribution in [0.15, 0.2) is 73.8 Å². The number of likely N-dealkylation sites (tertiary alicyclic amines) is 1. The summed E-state index contributed by atoms with van der Waals surface area (Å²) in [6.07, 6.45) is 2.48. The van der Waals surface area contributed by atoms with Crippen LogP contribution in [-0.4, -0.2) is 95.2 Å². The highest BCUT2D eigenvalue weighted by Gasteiger charge is 2.77. The van der Waals surface area contributed by atoms with E-state index in [0.717, 1.165) is 11.1 Å². The molecule has 1 spiro atoms. The molecule has 2 aromatic rings. The summed E-state index contributed by atoms with van der Waals surface area (Å²) in [6, 6.07) is 12.1. The van der Waals surface area contributed by atoms with Crippen molar-refractivity contribution in [3.8, 4) is 0 Å². The summed E-state index contributed by atoms with van der Waals surface area (Å²) >= 11 is 3.73. The van der Waals surface area contributed by atoms with Gasteiger partial charge in [-0.2, -0.15) is 0 Å². The molecule has 12 heteroatoms. The Bertz CT molecular complexity index is 1620. The minimum atomic E-state index is -1.39. The number of ether oxygens (including phenoxy) is 3. The minimum absolute atomic E-state index is 0.0421. The molecule has 2 aromatic carbocycles. The first-order valence-electron chi connectivity index (χ1n) is 17.3. The summed E-state index contributed by atoms with van der Waals surface area (Å²) in [4.78, 5) is 59.7. The highest BCUT2D eigenvalue weighted by Crippen LogP contribution is 2.61. The number of allylic oxidation sites excluding steroid dienone is 1. The van der Waals surface area contributed by atoms with E-state index in [-0.39, 0.29) is 42.6 Å². The number of amides is 3. The summed E-state index contributed by atoms with van der Waals surface area (Å²) in [5, 5.41) is 13.3. The first kappa shape index (κ1) is 38.4. The lowest BCUT2D eigenvalue weighted by molar-refractivity contribution is -0.163. The smallest absolute Gasteiger partial charge is 0.313 e. The predicted octanol–water partition coefficient (Wildman–Crippen LogP) is 4.33. The minimum Gasteiger partial charge on any atom is -0.455 e. The third kappa shape index (κ3) is 7.16. The van der Waals surface area contributed by atoms with Gasteiger partial charge in [-0.3, -0.25) is 19.2 Å². The SMILES string of the molecule is C=CCCC(=O)N[C@H](COC)[C@H](OC(=O)[C@@H]1[C@H]2O[C@@]3(CC2Br)[C@H](C(=O)N(CC=C)c2c(C)cccc2C)N([C@H](C)CO)C(=O)[C@@H]13)c1ccccc1. The average molecular weight is 767 g/mol. The Labute approximate surface area is 308 Å². The van der Waals surface area contributed by atoms with Crippen LogP contribution < -0.4 is 10.2 Å². The number of alkyl halides is 1. The Balaban J connectivity index is 1.55. The van der Waals surface area contributed by atoms with Gasteiger partial charge in [0.25, 0.3) is 5.91 Å². The van der Waals surface area contributed by atoms with Crippen LogP contribution >= 0.6 is 15.9 Å². The number of benzene rings is 2. The summed E-state index contributed by atoms with van der Waals surface area (Å²) in [6.45, 7) is 12.9. The monoisotopic (exact) mass is 765 g/mol. The van der Waals surface area contributed by atoms with Gasteiger partial charge in [0.05, 0.1) is 43.2 Å². The van der Waals surface area contributed by atoms with Crippen molar-refractivity contribution >= 4 is 45.3 Å². The number of hydrogen-bond donors (Lipinski definition) is 2. The molecule has 3 saturated heterocycles. The van der Waals surface area contributed by atoms with Gasteiger partial charge in [-0.1, -0.05) is 76.6 Å². The van der Waals surface area contributed by atoms with E-state index in [1.54, 1.807) is 48.2 Å². The van der Waals surface area contributed by atoms with Crippen molar-refractivity contribution < 1.29 is 38.5 Å². The van der Waals surface area contributed by atoms with Crippen LogP contribution in [0.4, 0.5) is 5.69 Å². The highest BCUT2D eigenvalue weighted by atomic mass is 79.9. The van der Waals surface area contributed by atoms with Crippen LogP contribution in [0.3, 0.4) is 0 Å². The van der Waals surface area contributed by atoms with E-state index >= 15 is 0 Å². The van der Waals surface area contributed by atoms with Crippen molar-refractivity contribution in [3.05, 3.63) is 90.5 Å². The standard InChI is InChI=1S/C39H48BrN3O8/c1-7-9-18-29(45)41-28(22-49-6)33(26-16-11-10-12-17-26)50-38(48)30-31-36(46)43(25(5)21-44)35(39(31)20-27(40)34(30)51-39)37(47)42(19-8-2)32-23(3)14-13-15-24(32)4/h7-8,10-17,25,27-28,30-31,33-35,44H,1-2,9,18-22H2,3-6H3,(H,41,45)/t25-,27?,28-,30+,31-,33-,34+,35+,39-/m1/s1. The first-order valence-corrected chi connectivity index (χ1v) is 18.2. The topological polar surface area (TPSA) is 135 Å². The number of aliphatic hydroxyl groups excluding tert-OH is 1. The molecule has 274 valence electrons. The molecule has 51 heavy (non-hydrogen) atoms. The molecule has 1 unspecified atom stereocenters. The maximum Gasteiger partial charge on any atom is 0.313 e. The fraction of sp³-hybridized carbons (Fsp3) is 0.487. The number of carbonyl (C=O) groups excluding carboxylic acids is 4. The molecule has 5 rings (SSSR count). The highest BCUT2D eigenvalue weighted by molar-refractivity contribution is 9.09. The maximum absolute atomic E-state index is 15.0. The van der Waals surface area contributed by atoms with Crippen molar-refractivity contribution in [1.29, 1.82) is 0 Å². The number of para-hydroxylation sites is 1. The molecule has 3 aliphatic heterocycles. The Hall–Kier alpha value is -3.84. The van der Waals surface area contributed by atoms with Crippen molar-refractivity contribution in [2.24, 2.45) is 11.8 Å². The normalized spacial score (nSPS) is 26.6. The third-order valence-corrected chi connectivity index (χ3v) is 11.1. The van der Waals surface area contributed by atoms with Gasteiger partial charge in [-0.05, 0) is 50.3 Å². The summed E-state index contributed by atoms with van der Waals surface area (Å²) in [7, 11) is 1.50. The summed E-state index contributed by atoms with van der Waals surface area (Å²) in [5.41, 5.74) is 1.69. The Kier molecular flexibility index (Phi) is 12.2. The van der Waals surface area contributed by atoms with Crippen molar-refractivity contribution in [2.45, 2.75) is 80.8 Å². The second kappa shape index (κ2) is 16.2. The molecule has 0 saturated carbocycles.